The van der Waals surface area contributed by atoms with Crippen LogP contribution in [0.15, 0.2) is 66.9 Å². The smallest absolute Gasteiger partial charge is 0.123 e. The van der Waals surface area contributed by atoms with Gasteiger partial charge in [0.15, 0.2) is 0 Å². The normalized spacial score (nSPS) is 14.7. The van der Waals surface area contributed by atoms with Gasteiger partial charge in [0, 0.05) is 13.1 Å². The molecule has 3 heteroatoms. The first-order chi connectivity index (χ1) is 11.2. The lowest BCUT2D eigenvalue weighted by Crippen LogP contribution is -2.25. The van der Waals surface area contributed by atoms with E-state index in [1.54, 1.807) is 24.3 Å². The Kier molecular flexibility index (Phi) is 4.56. The molecule has 0 atom stereocenters. The lowest BCUT2D eigenvalue weighted by atomic mass is 9.88. The van der Waals surface area contributed by atoms with E-state index in [1.807, 2.05) is 6.20 Å². The summed E-state index contributed by atoms with van der Waals surface area (Å²) in [7, 11) is 0. The van der Waals surface area contributed by atoms with Crippen molar-refractivity contribution in [3.05, 3.63) is 89.6 Å². The molecule has 0 bridgehead atoms. The van der Waals surface area contributed by atoms with Crippen molar-refractivity contribution in [2.75, 3.05) is 13.1 Å². The Bertz CT molecular complexity index is 657. The third kappa shape index (κ3) is 3.50. The van der Waals surface area contributed by atoms with Crippen LogP contribution in [0.4, 0.5) is 8.78 Å². The van der Waals surface area contributed by atoms with Gasteiger partial charge in [0.25, 0.3) is 0 Å². The second-order valence-electron chi connectivity index (χ2n) is 5.71. The van der Waals surface area contributed by atoms with Crippen molar-refractivity contribution >= 4 is 5.57 Å². The van der Waals surface area contributed by atoms with Crippen LogP contribution in [0.25, 0.3) is 5.57 Å². The quantitative estimate of drug-likeness (QED) is 0.770. The molecule has 0 N–H and O–H groups in total. The summed E-state index contributed by atoms with van der Waals surface area (Å²) in [5.41, 5.74) is 4.36. The van der Waals surface area contributed by atoms with E-state index in [2.05, 4.69) is 11.5 Å². The van der Waals surface area contributed by atoms with Crippen LogP contribution < -0.4 is 0 Å². The molecule has 0 saturated carbocycles. The van der Waals surface area contributed by atoms with E-state index in [0.717, 1.165) is 42.6 Å². The van der Waals surface area contributed by atoms with Gasteiger partial charge < -0.3 is 4.90 Å². The van der Waals surface area contributed by atoms with Crippen LogP contribution in [0.1, 0.15) is 24.0 Å². The first kappa shape index (κ1) is 15.5. The molecule has 1 saturated heterocycles. The van der Waals surface area contributed by atoms with Crippen molar-refractivity contribution in [3.63, 3.8) is 0 Å². The van der Waals surface area contributed by atoms with E-state index in [9.17, 15) is 8.78 Å². The maximum absolute atomic E-state index is 13.3. The zero-order valence-electron chi connectivity index (χ0n) is 12.9. The maximum atomic E-state index is 13.3. The fourth-order valence-corrected chi connectivity index (χ4v) is 3.03. The predicted molar refractivity (Wildman–Crippen MR) is 89.8 cm³/mol. The number of hydrogen-bond donors (Lipinski definition) is 0. The van der Waals surface area contributed by atoms with Crippen LogP contribution in [0, 0.1) is 11.6 Å². The van der Waals surface area contributed by atoms with Crippen LogP contribution >= 0.6 is 0 Å². The molecule has 1 aliphatic heterocycles. The van der Waals surface area contributed by atoms with Crippen LogP contribution in [-0.4, -0.2) is 18.0 Å². The highest BCUT2D eigenvalue weighted by atomic mass is 19.1. The highest BCUT2D eigenvalue weighted by Gasteiger charge is 2.17. The number of hydrogen-bond acceptors (Lipinski definition) is 1. The van der Waals surface area contributed by atoms with Crippen molar-refractivity contribution in [1.82, 2.24) is 4.90 Å². The molecule has 0 amide bonds. The topological polar surface area (TPSA) is 3.24 Å². The Hall–Kier alpha value is -2.42. The van der Waals surface area contributed by atoms with E-state index in [0.29, 0.717) is 0 Å². The maximum Gasteiger partial charge on any atom is 0.123 e. The van der Waals surface area contributed by atoms with Gasteiger partial charge in [0.05, 0.1) is 0 Å². The average Bonchev–Trinajstić information content (AvgIpc) is 2.59. The third-order valence-electron chi connectivity index (χ3n) is 4.28. The van der Waals surface area contributed by atoms with E-state index in [4.69, 9.17) is 0 Å². The van der Waals surface area contributed by atoms with E-state index in [-0.39, 0.29) is 11.6 Å². The van der Waals surface area contributed by atoms with Gasteiger partial charge >= 0.3 is 0 Å². The van der Waals surface area contributed by atoms with Crippen molar-refractivity contribution in [2.24, 2.45) is 0 Å². The second-order valence-corrected chi connectivity index (χ2v) is 5.71. The van der Waals surface area contributed by atoms with Gasteiger partial charge in [-0.1, -0.05) is 36.4 Å². The van der Waals surface area contributed by atoms with Crippen LogP contribution in [0.2, 0.25) is 0 Å². The lowest BCUT2D eigenvalue weighted by Gasteiger charge is -2.29. The third-order valence-corrected chi connectivity index (χ3v) is 4.28. The molecule has 23 heavy (non-hydrogen) atoms. The second kappa shape index (κ2) is 6.78. The molecule has 2 aromatic carbocycles. The summed E-state index contributed by atoms with van der Waals surface area (Å²) in [5.74, 6) is -0.502. The van der Waals surface area contributed by atoms with E-state index < -0.39 is 0 Å². The van der Waals surface area contributed by atoms with Crippen LogP contribution in [0.3, 0.4) is 0 Å². The Labute approximate surface area is 135 Å². The van der Waals surface area contributed by atoms with Gasteiger partial charge in [0.2, 0.25) is 0 Å². The number of rotatable bonds is 3. The lowest BCUT2D eigenvalue weighted by molar-refractivity contribution is 0.351. The summed E-state index contributed by atoms with van der Waals surface area (Å²) in [6.45, 7) is 5.66. The molecule has 118 valence electrons. The molecular formula is C20H19F2N. The first-order valence-electron chi connectivity index (χ1n) is 7.78. The molecule has 1 heterocycles. The molecule has 0 aromatic heterocycles. The number of piperidine rings is 1. The summed E-state index contributed by atoms with van der Waals surface area (Å²) >= 11 is 0. The molecule has 0 spiro atoms. The Balaban J connectivity index is 2.05. The molecular weight excluding hydrogens is 292 g/mol. The van der Waals surface area contributed by atoms with Crippen LogP contribution in [-0.2, 0) is 0 Å². The summed E-state index contributed by atoms with van der Waals surface area (Å²) in [6, 6.07) is 13.1. The molecule has 0 unspecified atom stereocenters. The summed E-state index contributed by atoms with van der Waals surface area (Å²) < 4.78 is 26.5. The molecule has 1 fully saturated rings. The van der Waals surface area contributed by atoms with Crippen molar-refractivity contribution < 1.29 is 8.78 Å². The summed E-state index contributed by atoms with van der Waals surface area (Å²) in [4.78, 5) is 2.19. The Morgan fingerprint density at radius 3 is 1.65 bits per heavy atom. The zero-order valence-corrected chi connectivity index (χ0v) is 12.9. The van der Waals surface area contributed by atoms with Gasteiger partial charge in [-0.15, -0.1) is 0 Å². The van der Waals surface area contributed by atoms with Crippen molar-refractivity contribution in [2.45, 2.75) is 12.8 Å². The molecule has 0 aliphatic carbocycles. The van der Waals surface area contributed by atoms with Crippen molar-refractivity contribution in [1.29, 1.82) is 0 Å². The minimum absolute atomic E-state index is 0.251. The van der Waals surface area contributed by atoms with Gasteiger partial charge in [-0.05, 0) is 60.0 Å². The average molecular weight is 311 g/mol. The number of halogens is 2. The van der Waals surface area contributed by atoms with Crippen LogP contribution in [0.5, 0.6) is 0 Å². The fraction of sp³-hybridized carbons (Fsp3) is 0.200. The Morgan fingerprint density at radius 1 is 0.826 bits per heavy atom. The minimum atomic E-state index is -0.251. The molecule has 3 rings (SSSR count). The van der Waals surface area contributed by atoms with E-state index in [1.165, 1.54) is 29.8 Å². The monoisotopic (exact) mass is 311 g/mol. The SMILES string of the molecule is C=CN1CCC(=C(c2ccc(F)cc2)c2ccc(F)cc2)CC1. The van der Waals surface area contributed by atoms with Gasteiger partial charge in [0.1, 0.15) is 11.6 Å². The highest BCUT2D eigenvalue weighted by Crippen LogP contribution is 2.32. The summed E-state index contributed by atoms with van der Waals surface area (Å²) in [6.07, 6.45) is 3.72. The van der Waals surface area contributed by atoms with Gasteiger partial charge in [-0.25, -0.2) is 8.78 Å². The van der Waals surface area contributed by atoms with Crippen molar-refractivity contribution in [3.8, 4) is 0 Å². The molecule has 1 aliphatic rings. The highest BCUT2D eigenvalue weighted by molar-refractivity contribution is 5.82. The largest absolute Gasteiger partial charge is 0.377 e. The van der Waals surface area contributed by atoms with Gasteiger partial charge in [-0.3, -0.25) is 0 Å². The summed E-state index contributed by atoms with van der Waals surface area (Å²) in [5, 5.41) is 0. The molecule has 1 nitrogen and oxygen atoms in total. The predicted octanol–water partition coefficient (Wildman–Crippen LogP) is 5.01. The molecule has 2 aromatic rings. The molecule has 0 radical (unpaired) electrons. The fourth-order valence-electron chi connectivity index (χ4n) is 3.03. The number of nitrogens with zero attached hydrogens (tertiary/aromatic N) is 1. The van der Waals surface area contributed by atoms with Gasteiger partial charge in [-0.2, -0.15) is 0 Å². The zero-order chi connectivity index (χ0) is 16.2. The van der Waals surface area contributed by atoms with E-state index >= 15 is 0 Å². The Morgan fingerprint density at radius 2 is 1.26 bits per heavy atom. The standard InChI is InChI=1S/C20H19F2N/c1-2-23-13-11-17(12-14-23)20(15-3-7-18(21)8-4-15)16-5-9-19(22)10-6-16/h2-10H,1,11-14H2. The minimum Gasteiger partial charge on any atom is -0.377 e. The first-order valence-corrected chi connectivity index (χ1v) is 7.78. The number of benzene rings is 2. The number of likely N-dealkylation sites (tertiary alicyclic amines) is 1.